The van der Waals surface area contributed by atoms with E-state index in [-0.39, 0.29) is 11.9 Å². The number of aryl methyl sites for hydroxylation is 2. The average Bonchev–Trinajstić information content (AvgIpc) is 3.23. The molecule has 0 spiro atoms. The van der Waals surface area contributed by atoms with Crippen molar-refractivity contribution in [1.82, 2.24) is 10.1 Å². The third kappa shape index (κ3) is 3.12. The van der Waals surface area contributed by atoms with Crippen molar-refractivity contribution in [2.24, 2.45) is 0 Å². The zero-order valence-corrected chi connectivity index (χ0v) is 15.0. The maximum Gasteiger partial charge on any atom is 0.227 e. The Kier molecular flexibility index (Phi) is 4.29. The number of para-hydroxylation sites is 1. The minimum absolute atomic E-state index is 0.0951. The molecule has 1 aliphatic heterocycles. The molecule has 2 aromatic carbocycles. The summed E-state index contributed by atoms with van der Waals surface area (Å²) in [5.74, 6) is 1.16. The van der Waals surface area contributed by atoms with E-state index in [2.05, 4.69) is 23.1 Å². The molecule has 0 aliphatic carbocycles. The molecule has 5 heteroatoms. The molecule has 1 aliphatic rings. The van der Waals surface area contributed by atoms with Crippen LogP contribution < -0.4 is 4.90 Å². The van der Waals surface area contributed by atoms with E-state index >= 15 is 0 Å². The van der Waals surface area contributed by atoms with Crippen LogP contribution >= 0.6 is 0 Å². The van der Waals surface area contributed by atoms with Crippen molar-refractivity contribution in [2.45, 2.75) is 39.2 Å². The van der Waals surface area contributed by atoms with Gasteiger partial charge in [-0.1, -0.05) is 47.1 Å². The largest absolute Gasteiger partial charge is 0.339 e. The van der Waals surface area contributed by atoms with Crippen molar-refractivity contribution in [3.8, 4) is 11.4 Å². The quantitative estimate of drug-likeness (QED) is 0.717. The molecule has 0 radical (unpaired) electrons. The summed E-state index contributed by atoms with van der Waals surface area (Å²) in [6.07, 6.45) is 1.71. The van der Waals surface area contributed by atoms with Gasteiger partial charge in [-0.3, -0.25) is 4.79 Å². The molecule has 0 unspecified atom stereocenters. The van der Waals surface area contributed by atoms with Gasteiger partial charge in [0.25, 0.3) is 0 Å². The first kappa shape index (κ1) is 16.5. The predicted molar refractivity (Wildman–Crippen MR) is 99.9 cm³/mol. The van der Waals surface area contributed by atoms with Crippen LogP contribution in [0.25, 0.3) is 11.4 Å². The topological polar surface area (TPSA) is 59.2 Å². The molecule has 5 nitrogen and oxygen atoms in total. The van der Waals surface area contributed by atoms with Crippen LogP contribution in [0.5, 0.6) is 0 Å². The van der Waals surface area contributed by atoms with Crippen LogP contribution in [0.15, 0.2) is 53.1 Å². The third-order valence-corrected chi connectivity index (χ3v) is 4.77. The molecule has 4 rings (SSSR count). The number of rotatable bonds is 4. The summed E-state index contributed by atoms with van der Waals surface area (Å²) in [6, 6.07) is 16.2. The van der Waals surface area contributed by atoms with E-state index in [4.69, 9.17) is 4.52 Å². The Morgan fingerprint density at radius 1 is 1.23 bits per heavy atom. The Labute approximate surface area is 152 Å². The standard InChI is InChI=1S/C21H21N3O2/c1-14-6-5-8-17(12-14)21-22-19(26-23-21)10-11-20(25)24-15(2)13-16-7-3-4-9-18(16)24/h3-9,12,15H,10-11,13H2,1-2H3/t15-/m1/s1. The molecular formula is C21H21N3O2. The van der Waals surface area contributed by atoms with Gasteiger partial charge in [0, 0.05) is 30.1 Å². The first-order valence-electron chi connectivity index (χ1n) is 8.91. The van der Waals surface area contributed by atoms with Crippen LogP contribution in [0.1, 0.15) is 30.4 Å². The third-order valence-electron chi connectivity index (χ3n) is 4.77. The van der Waals surface area contributed by atoms with E-state index in [1.807, 2.05) is 54.3 Å². The van der Waals surface area contributed by atoms with Crippen molar-refractivity contribution < 1.29 is 9.32 Å². The molecule has 0 saturated carbocycles. The second-order valence-electron chi connectivity index (χ2n) is 6.83. The van der Waals surface area contributed by atoms with Crippen molar-refractivity contribution in [2.75, 3.05) is 4.90 Å². The molecule has 26 heavy (non-hydrogen) atoms. The van der Waals surface area contributed by atoms with Gasteiger partial charge in [0.05, 0.1) is 0 Å². The minimum Gasteiger partial charge on any atom is -0.339 e. The van der Waals surface area contributed by atoms with Crippen LogP contribution in [0, 0.1) is 6.92 Å². The summed E-state index contributed by atoms with van der Waals surface area (Å²) in [7, 11) is 0. The number of hydrogen-bond donors (Lipinski definition) is 0. The van der Waals surface area contributed by atoms with E-state index in [1.54, 1.807) is 0 Å². The lowest BCUT2D eigenvalue weighted by Gasteiger charge is -2.22. The predicted octanol–water partition coefficient (Wildman–Crippen LogP) is 3.96. The van der Waals surface area contributed by atoms with Gasteiger partial charge in [0.2, 0.25) is 17.6 Å². The summed E-state index contributed by atoms with van der Waals surface area (Å²) in [5.41, 5.74) is 4.32. The Bertz CT molecular complexity index is 948. The normalized spacial score (nSPS) is 15.9. The van der Waals surface area contributed by atoms with Gasteiger partial charge in [-0.05, 0) is 38.0 Å². The van der Waals surface area contributed by atoms with Gasteiger partial charge < -0.3 is 9.42 Å². The summed E-state index contributed by atoms with van der Waals surface area (Å²) < 4.78 is 5.34. The van der Waals surface area contributed by atoms with Crippen LogP contribution in [-0.2, 0) is 17.6 Å². The Morgan fingerprint density at radius 2 is 2.08 bits per heavy atom. The van der Waals surface area contributed by atoms with Gasteiger partial charge in [-0.15, -0.1) is 0 Å². The highest BCUT2D eigenvalue weighted by molar-refractivity contribution is 5.96. The van der Waals surface area contributed by atoms with Crippen LogP contribution in [0.4, 0.5) is 5.69 Å². The molecule has 1 amide bonds. The lowest BCUT2D eigenvalue weighted by molar-refractivity contribution is -0.118. The number of aromatic nitrogens is 2. The van der Waals surface area contributed by atoms with Gasteiger partial charge in [0.1, 0.15) is 0 Å². The maximum atomic E-state index is 12.7. The van der Waals surface area contributed by atoms with Gasteiger partial charge in [-0.2, -0.15) is 4.98 Å². The summed E-state index contributed by atoms with van der Waals surface area (Å²) in [6.45, 7) is 4.11. The molecule has 1 aromatic heterocycles. The Hall–Kier alpha value is -2.95. The molecule has 0 bridgehead atoms. The van der Waals surface area contributed by atoms with Gasteiger partial charge in [-0.25, -0.2) is 0 Å². The van der Waals surface area contributed by atoms with Crippen LogP contribution in [-0.4, -0.2) is 22.1 Å². The highest BCUT2D eigenvalue weighted by Crippen LogP contribution is 2.32. The number of carbonyl (C=O) groups is 1. The van der Waals surface area contributed by atoms with Crippen molar-refractivity contribution >= 4 is 11.6 Å². The van der Waals surface area contributed by atoms with E-state index in [0.717, 1.165) is 23.2 Å². The van der Waals surface area contributed by atoms with Crippen molar-refractivity contribution in [3.05, 3.63) is 65.5 Å². The van der Waals surface area contributed by atoms with Crippen molar-refractivity contribution in [1.29, 1.82) is 0 Å². The van der Waals surface area contributed by atoms with Gasteiger partial charge in [0.15, 0.2) is 0 Å². The van der Waals surface area contributed by atoms with E-state index < -0.39 is 0 Å². The molecule has 0 saturated heterocycles. The number of fused-ring (bicyclic) bond motifs is 1. The molecule has 3 aromatic rings. The molecule has 1 atom stereocenters. The first-order valence-corrected chi connectivity index (χ1v) is 8.91. The number of benzene rings is 2. The summed E-state index contributed by atoms with van der Waals surface area (Å²) in [4.78, 5) is 19.1. The monoisotopic (exact) mass is 347 g/mol. The molecular weight excluding hydrogens is 326 g/mol. The van der Waals surface area contributed by atoms with E-state index in [9.17, 15) is 4.79 Å². The SMILES string of the molecule is Cc1cccc(-c2noc(CCC(=O)N3c4ccccc4C[C@H]3C)n2)c1. The van der Waals surface area contributed by atoms with Crippen LogP contribution in [0.3, 0.4) is 0 Å². The molecule has 0 N–H and O–H groups in total. The lowest BCUT2D eigenvalue weighted by Crippen LogP contribution is -2.35. The highest BCUT2D eigenvalue weighted by Gasteiger charge is 2.30. The fraction of sp³-hybridized carbons (Fsp3) is 0.286. The van der Waals surface area contributed by atoms with Crippen molar-refractivity contribution in [3.63, 3.8) is 0 Å². The van der Waals surface area contributed by atoms with Crippen LogP contribution in [0.2, 0.25) is 0 Å². The zero-order valence-electron chi connectivity index (χ0n) is 15.0. The van der Waals surface area contributed by atoms with E-state index in [1.165, 1.54) is 5.56 Å². The number of carbonyl (C=O) groups excluding carboxylic acids is 1. The zero-order chi connectivity index (χ0) is 18.1. The first-order chi connectivity index (χ1) is 12.6. The fourth-order valence-electron chi connectivity index (χ4n) is 3.54. The molecule has 0 fully saturated rings. The average molecular weight is 347 g/mol. The number of hydrogen-bond acceptors (Lipinski definition) is 4. The smallest absolute Gasteiger partial charge is 0.227 e. The second kappa shape index (κ2) is 6.75. The Morgan fingerprint density at radius 3 is 2.92 bits per heavy atom. The summed E-state index contributed by atoms with van der Waals surface area (Å²) in [5, 5.41) is 4.04. The Balaban J connectivity index is 1.44. The number of nitrogens with zero attached hydrogens (tertiary/aromatic N) is 3. The number of anilines is 1. The number of amides is 1. The fourth-order valence-corrected chi connectivity index (χ4v) is 3.54. The lowest BCUT2D eigenvalue weighted by atomic mass is 10.1. The maximum absolute atomic E-state index is 12.7. The highest BCUT2D eigenvalue weighted by atomic mass is 16.5. The summed E-state index contributed by atoms with van der Waals surface area (Å²) >= 11 is 0. The second-order valence-corrected chi connectivity index (χ2v) is 6.83. The van der Waals surface area contributed by atoms with Gasteiger partial charge >= 0.3 is 0 Å². The van der Waals surface area contributed by atoms with E-state index in [0.29, 0.717) is 24.6 Å². The molecule has 2 heterocycles. The molecule has 132 valence electrons. The minimum atomic E-state index is 0.0951.